The molecule has 0 saturated carbocycles. The van der Waals surface area contributed by atoms with Crippen molar-refractivity contribution in [3.05, 3.63) is 74.9 Å². The summed E-state index contributed by atoms with van der Waals surface area (Å²) in [5.41, 5.74) is 2.43. The Morgan fingerprint density at radius 3 is 2.34 bits per heavy atom. The van der Waals surface area contributed by atoms with E-state index in [1.807, 2.05) is 30.3 Å². The summed E-state index contributed by atoms with van der Waals surface area (Å²) < 4.78 is 2.67. The lowest BCUT2D eigenvalue weighted by molar-refractivity contribution is -0.136. The number of anilines is 3. The maximum atomic E-state index is 12.3. The number of nitrogens with zero attached hydrogens (tertiary/aromatic N) is 5. The fourth-order valence-electron chi connectivity index (χ4n) is 5.08. The van der Waals surface area contributed by atoms with Crippen LogP contribution < -0.4 is 21.0 Å². The second-order valence-electron chi connectivity index (χ2n) is 9.52. The quantitative estimate of drug-likeness (QED) is 0.474. The van der Waals surface area contributed by atoms with Crippen molar-refractivity contribution in [2.24, 2.45) is 14.1 Å². The highest BCUT2D eigenvalue weighted by molar-refractivity contribution is 7.99. The van der Waals surface area contributed by atoms with Crippen molar-refractivity contribution in [3.63, 3.8) is 0 Å². The van der Waals surface area contributed by atoms with Gasteiger partial charge in [0.15, 0.2) is 0 Å². The highest BCUT2D eigenvalue weighted by Gasteiger charge is 2.25. The van der Waals surface area contributed by atoms with Crippen molar-refractivity contribution in [1.82, 2.24) is 14.0 Å². The molecule has 0 spiro atoms. The van der Waals surface area contributed by atoms with Gasteiger partial charge in [-0.15, -0.1) is 12.4 Å². The molecule has 9 nitrogen and oxygen atoms in total. The van der Waals surface area contributed by atoms with E-state index in [9.17, 15) is 19.5 Å². The number of rotatable bonds is 7. The first-order valence-electron chi connectivity index (χ1n) is 12.5. The number of aromatic nitrogens is 2. The monoisotopic (exact) mass is 557 g/mol. The van der Waals surface area contributed by atoms with E-state index in [0.717, 1.165) is 72.1 Å². The number of aliphatic carboxylic acids is 1. The molecule has 0 atom stereocenters. The highest BCUT2D eigenvalue weighted by Crippen LogP contribution is 2.48. The summed E-state index contributed by atoms with van der Waals surface area (Å²) in [6.45, 7) is 4.98. The SMILES string of the molecule is Cl.Cn1c(N2CCN(CCCN3c4ccccc4Sc4ccc(CC(=O)O)cc43)CC2)cc(=O)n(C)c1=O. The maximum absolute atomic E-state index is 12.3. The van der Waals surface area contributed by atoms with Gasteiger partial charge in [0.25, 0.3) is 5.56 Å². The molecule has 3 aromatic rings. The number of fused-ring (bicyclic) bond motifs is 2. The Morgan fingerprint density at radius 1 is 0.895 bits per heavy atom. The van der Waals surface area contributed by atoms with Crippen LogP contribution in [0.15, 0.2) is 67.9 Å². The predicted octanol–water partition coefficient (Wildman–Crippen LogP) is 2.95. The number of hydrogen-bond donors (Lipinski definition) is 1. The van der Waals surface area contributed by atoms with Crippen LogP contribution in [-0.2, 0) is 25.3 Å². The normalized spacial score (nSPS) is 15.0. The molecule has 38 heavy (non-hydrogen) atoms. The zero-order chi connectivity index (χ0) is 26.1. The van der Waals surface area contributed by atoms with E-state index in [1.54, 1.807) is 29.4 Å². The molecule has 1 saturated heterocycles. The van der Waals surface area contributed by atoms with Gasteiger partial charge in [0.1, 0.15) is 5.82 Å². The summed E-state index contributed by atoms with van der Waals surface area (Å²) in [6, 6.07) is 15.8. The van der Waals surface area contributed by atoms with Crippen LogP contribution >= 0.6 is 24.2 Å². The van der Waals surface area contributed by atoms with Crippen LogP contribution in [0.2, 0.25) is 0 Å². The van der Waals surface area contributed by atoms with E-state index in [2.05, 4.69) is 26.8 Å². The summed E-state index contributed by atoms with van der Waals surface area (Å²) in [4.78, 5) is 44.9. The molecule has 0 aliphatic carbocycles. The van der Waals surface area contributed by atoms with Crippen LogP contribution in [0.4, 0.5) is 17.2 Å². The van der Waals surface area contributed by atoms with Crippen LogP contribution in [0.25, 0.3) is 0 Å². The van der Waals surface area contributed by atoms with E-state index in [-0.39, 0.29) is 30.1 Å². The van der Waals surface area contributed by atoms with Gasteiger partial charge in [0.2, 0.25) is 0 Å². The Kier molecular flexibility index (Phi) is 8.54. The van der Waals surface area contributed by atoms with Crippen LogP contribution in [0, 0.1) is 0 Å². The molecular formula is C27H32ClN5O4S. The first kappa shape index (κ1) is 27.8. The molecule has 0 unspecified atom stereocenters. The van der Waals surface area contributed by atoms with Gasteiger partial charge in [-0.05, 0) is 42.8 Å². The van der Waals surface area contributed by atoms with Crippen LogP contribution in [0.1, 0.15) is 12.0 Å². The third-order valence-corrected chi connectivity index (χ3v) is 8.23. The predicted molar refractivity (Wildman–Crippen MR) is 153 cm³/mol. The molecule has 1 aromatic heterocycles. The van der Waals surface area contributed by atoms with Gasteiger partial charge in [-0.1, -0.05) is 30.0 Å². The minimum atomic E-state index is -0.828. The molecule has 1 N–H and O–H groups in total. The Morgan fingerprint density at radius 2 is 1.61 bits per heavy atom. The van der Waals surface area contributed by atoms with Crippen molar-refractivity contribution < 1.29 is 9.90 Å². The molecule has 0 amide bonds. The summed E-state index contributed by atoms with van der Waals surface area (Å²) in [6.07, 6.45) is 0.961. The molecule has 2 aliphatic heterocycles. The number of hydrogen-bond acceptors (Lipinski definition) is 7. The zero-order valence-electron chi connectivity index (χ0n) is 21.5. The number of carboxylic acids is 1. The lowest BCUT2D eigenvalue weighted by Crippen LogP contribution is -2.49. The standard InChI is InChI=1S/C27H31N5O4S.ClH/c1-28-24(18-25(33)29(2)27(28)36)31-14-12-30(13-15-31)10-5-11-32-20-6-3-4-7-22(20)37-23-9-8-19(16-21(23)32)17-26(34)35;/h3-4,6-9,16,18H,5,10-15,17H2,1-2H3,(H,34,35);1H. The van der Waals surface area contributed by atoms with Crippen LogP contribution in [-0.4, -0.2) is 64.4 Å². The summed E-state index contributed by atoms with van der Waals surface area (Å²) in [5.74, 6) is -0.158. The Bertz CT molecular complexity index is 1450. The Hall–Kier alpha value is -3.21. The first-order valence-corrected chi connectivity index (χ1v) is 13.3. The molecule has 5 rings (SSSR count). The summed E-state index contributed by atoms with van der Waals surface area (Å²) >= 11 is 1.72. The molecule has 1 fully saturated rings. The smallest absolute Gasteiger partial charge is 0.332 e. The number of halogens is 1. The van der Waals surface area contributed by atoms with Crippen molar-refractivity contribution in [2.45, 2.75) is 22.6 Å². The summed E-state index contributed by atoms with van der Waals surface area (Å²) in [5, 5.41) is 9.27. The molecule has 202 valence electrons. The fraction of sp³-hybridized carbons (Fsp3) is 0.370. The van der Waals surface area contributed by atoms with E-state index in [0.29, 0.717) is 5.82 Å². The van der Waals surface area contributed by atoms with Gasteiger partial charge in [0.05, 0.1) is 17.8 Å². The van der Waals surface area contributed by atoms with Gasteiger partial charge in [-0.25, -0.2) is 4.79 Å². The minimum Gasteiger partial charge on any atom is -0.481 e. The largest absolute Gasteiger partial charge is 0.481 e. The summed E-state index contributed by atoms with van der Waals surface area (Å²) in [7, 11) is 3.20. The fourth-order valence-corrected chi connectivity index (χ4v) is 6.15. The highest BCUT2D eigenvalue weighted by atomic mass is 35.5. The number of para-hydroxylation sites is 1. The molecule has 0 bridgehead atoms. The third kappa shape index (κ3) is 5.62. The minimum absolute atomic E-state index is 0. The van der Waals surface area contributed by atoms with Crippen molar-refractivity contribution in [1.29, 1.82) is 0 Å². The molecule has 3 heterocycles. The van der Waals surface area contributed by atoms with Crippen molar-refractivity contribution in [3.8, 4) is 0 Å². The van der Waals surface area contributed by atoms with Gasteiger partial charge in [0, 0.05) is 62.7 Å². The molecule has 0 radical (unpaired) electrons. The number of carboxylic acid groups (broad SMARTS) is 1. The lowest BCUT2D eigenvalue weighted by atomic mass is 10.1. The number of benzene rings is 2. The molecular weight excluding hydrogens is 526 g/mol. The second-order valence-corrected chi connectivity index (χ2v) is 10.6. The van der Waals surface area contributed by atoms with E-state index in [4.69, 9.17) is 0 Å². The van der Waals surface area contributed by atoms with E-state index >= 15 is 0 Å². The number of piperazine rings is 1. The topological polar surface area (TPSA) is 91.0 Å². The Balaban J connectivity index is 0.00000336. The van der Waals surface area contributed by atoms with Crippen LogP contribution in [0.5, 0.6) is 0 Å². The van der Waals surface area contributed by atoms with Crippen molar-refractivity contribution >= 4 is 47.3 Å². The maximum Gasteiger partial charge on any atom is 0.332 e. The Labute approximate surface area is 231 Å². The van der Waals surface area contributed by atoms with E-state index in [1.165, 1.54) is 11.9 Å². The van der Waals surface area contributed by atoms with Gasteiger partial charge < -0.3 is 14.9 Å². The molecule has 2 aromatic carbocycles. The third-order valence-electron chi connectivity index (χ3n) is 7.10. The zero-order valence-corrected chi connectivity index (χ0v) is 23.1. The van der Waals surface area contributed by atoms with Crippen LogP contribution in [0.3, 0.4) is 0 Å². The van der Waals surface area contributed by atoms with Crippen molar-refractivity contribution in [2.75, 3.05) is 49.1 Å². The van der Waals surface area contributed by atoms with Gasteiger partial charge in [-0.2, -0.15) is 0 Å². The average Bonchev–Trinajstić information content (AvgIpc) is 2.89. The lowest BCUT2D eigenvalue weighted by Gasteiger charge is -2.37. The molecule has 11 heteroatoms. The number of carbonyl (C=O) groups is 1. The van der Waals surface area contributed by atoms with Gasteiger partial charge >= 0.3 is 11.7 Å². The molecule has 2 aliphatic rings. The second kappa shape index (κ2) is 11.7. The van der Waals surface area contributed by atoms with Gasteiger partial charge in [-0.3, -0.25) is 23.6 Å². The average molecular weight is 558 g/mol. The first-order chi connectivity index (χ1) is 17.8. The van der Waals surface area contributed by atoms with E-state index < -0.39 is 5.97 Å².